The Morgan fingerprint density at radius 2 is 1.76 bits per heavy atom. The van der Waals surface area contributed by atoms with Crippen molar-refractivity contribution >= 4 is 23.4 Å². The Labute approximate surface area is 217 Å². The van der Waals surface area contributed by atoms with Gasteiger partial charge in [-0.2, -0.15) is 0 Å². The highest BCUT2D eigenvalue weighted by molar-refractivity contribution is 6.05. The van der Waals surface area contributed by atoms with Crippen LogP contribution in [0.5, 0.6) is 5.75 Å². The third kappa shape index (κ3) is 4.24. The van der Waals surface area contributed by atoms with Crippen molar-refractivity contribution in [2.75, 3.05) is 45.3 Å². The number of likely N-dealkylation sites (N-methyl/N-ethyl adjacent to an activating group) is 1. The van der Waals surface area contributed by atoms with Crippen LogP contribution in [0.3, 0.4) is 0 Å². The second-order valence-electron chi connectivity index (χ2n) is 10.2. The van der Waals surface area contributed by atoms with Crippen molar-refractivity contribution in [1.29, 1.82) is 0 Å². The Kier molecular flexibility index (Phi) is 7.09. The molecule has 0 bridgehead atoms. The molecule has 1 aromatic carbocycles. The van der Waals surface area contributed by atoms with Gasteiger partial charge in [-0.3, -0.25) is 14.4 Å². The number of amides is 3. The third-order valence-electron chi connectivity index (χ3n) is 8.05. The summed E-state index contributed by atoms with van der Waals surface area (Å²) in [6, 6.07) is 6.39. The molecule has 198 valence electrons. The summed E-state index contributed by atoms with van der Waals surface area (Å²) in [7, 11) is 3.32. The molecule has 0 radical (unpaired) electrons. The molecule has 1 N–H and O–H groups in total. The smallest absolute Gasteiger partial charge is 0.253 e. The maximum absolute atomic E-state index is 14.3. The number of methoxy groups -OCH3 is 1. The molecule has 1 aromatic rings. The second kappa shape index (κ2) is 10.3. The number of benzene rings is 1. The van der Waals surface area contributed by atoms with Crippen LogP contribution in [0.15, 0.2) is 48.6 Å². The lowest BCUT2D eigenvalue weighted by Crippen LogP contribution is -2.55. The third-order valence-corrected chi connectivity index (χ3v) is 8.05. The minimum Gasteiger partial charge on any atom is -0.497 e. The lowest BCUT2D eigenvalue weighted by Gasteiger charge is -2.35. The number of nitrogens with zero attached hydrogens (tertiary/aromatic N) is 3. The lowest BCUT2D eigenvalue weighted by molar-refractivity contribution is -0.143. The molecular weight excluding hydrogens is 474 g/mol. The van der Waals surface area contributed by atoms with Gasteiger partial charge >= 0.3 is 0 Å². The first-order valence-electron chi connectivity index (χ1n) is 13.1. The van der Waals surface area contributed by atoms with Gasteiger partial charge in [-0.15, -0.1) is 0 Å². The molecule has 4 aliphatic heterocycles. The lowest BCUT2D eigenvalue weighted by atomic mass is 9.77. The number of carbonyl (C=O) groups is 3. The fourth-order valence-electron chi connectivity index (χ4n) is 6.24. The molecule has 4 heterocycles. The standard InChI is InChI=1S/C28H35N3O6/c1-29-15-7-9-21-22(25(29)33)23-26(34)31(16-5-3-4-6-18-32)24-27(35)30(17-8-14-28(23,24)37-21)19-10-12-20(36-2)13-11-19/h7-14,21-24,32H,3-6,15-18H2,1-2H3/t21-,22+,23-,24?,28-/m0/s1. The summed E-state index contributed by atoms with van der Waals surface area (Å²) >= 11 is 0. The van der Waals surface area contributed by atoms with Crippen molar-refractivity contribution in [1.82, 2.24) is 9.80 Å². The van der Waals surface area contributed by atoms with Crippen LogP contribution >= 0.6 is 0 Å². The average molecular weight is 510 g/mol. The second-order valence-corrected chi connectivity index (χ2v) is 10.2. The molecule has 5 atom stereocenters. The van der Waals surface area contributed by atoms with Crippen molar-refractivity contribution in [2.45, 2.75) is 43.4 Å². The molecule has 2 fully saturated rings. The van der Waals surface area contributed by atoms with Crippen molar-refractivity contribution < 1.29 is 29.0 Å². The minimum atomic E-state index is -1.21. The molecule has 9 nitrogen and oxygen atoms in total. The normalized spacial score (nSPS) is 30.8. The van der Waals surface area contributed by atoms with E-state index >= 15 is 0 Å². The Morgan fingerprint density at radius 1 is 1.00 bits per heavy atom. The van der Waals surface area contributed by atoms with E-state index in [1.165, 1.54) is 0 Å². The summed E-state index contributed by atoms with van der Waals surface area (Å²) < 4.78 is 11.9. The number of aliphatic hydroxyl groups is 1. The van der Waals surface area contributed by atoms with Crippen molar-refractivity contribution in [3.63, 3.8) is 0 Å². The first-order chi connectivity index (χ1) is 17.9. The quantitative estimate of drug-likeness (QED) is 0.424. The van der Waals surface area contributed by atoms with Gasteiger partial charge in [-0.25, -0.2) is 0 Å². The SMILES string of the molecule is COc1ccc(N2CC=C[C@]34O[C@H]5C=CCN(C)C(=O)[C@H]5[C@H]3C(=O)N(CCCCCCO)C4C2=O)cc1. The van der Waals surface area contributed by atoms with E-state index in [0.29, 0.717) is 43.9 Å². The Hall–Kier alpha value is -3.17. The number of ether oxygens (including phenoxy) is 2. The van der Waals surface area contributed by atoms with Crippen molar-refractivity contribution in [2.24, 2.45) is 11.8 Å². The summed E-state index contributed by atoms with van der Waals surface area (Å²) in [4.78, 5) is 46.7. The number of unbranched alkanes of at least 4 members (excludes halogenated alkanes) is 3. The largest absolute Gasteiger partial charge is 0.497 e. The molecule has 0 aromatic heterocycles. The van der Waals surface area contributed by atoms with Gasteiger partial charge in [0.05, 0.1) is 25.0 Å². The Bertz CT molecular complexity index is 1100. The highest BCUT2D eigenvalue weighted by Crippen LogP contribution is 2.53. The van der Waals surface area contributed by atoms with Crippen LogP contribution < -0.4 is 9.64 Å². The van der Waals surface area contributed by atoms with Gasteiger partial charge < -0.3 is 29.3 Å². The predicted molar refractivity (Wildman–Crippen MR) is 137 cm³/mol. The Morgan fingerprint density at radius 3 is 2.49 bits per heavy atom. The van der Waals surface area contributed by atoms with Crippen LogP contribution in [-0.2, 0) is 19.1 Å². The molecule has 37 heavy (non-hydrogen) atoms. The summed E-state index contributed by atoms with van der Waals surface area (Å²) in [5, 5.41) is 9.11. The molecule has 0 aliphatic carbocycles. The maximum atomic E-state index is 14.3. The number of hydrogen-bond acceptors (Lipinski definition) is 6. The first kappa shape index (κ1) is 25.5. The molecule has 4 aliphatic rings. The monoisotopic (exact) mass is 509 g/mol. The van der Waals surface area contributed by atoms with Crippen molar-refractivity contribution in [3.8, 4) is 5.75 Å². The topological polar surface area (TPSA) is 99.6 Å². The van der Waals surface area contributed by atoms with Crippen LogP contribution in [0, 0.1) is 11.8 Å². The van der Waals surface area contributed by atoms with Gasteiger partial charge in [-0.1, -0.05) is 37.1 Å². The van der Waals surface area contributed by atoms with E-state index in [0.717, 1.165) is 12.8 Å². The van der Waals surface area contributed by atoms with Crippen LogP contribution in [0.2, 0.25) is 0 Å². The highest BCUT2D eigenvalue weighted by atomic mass is 16.5. The van der Waals surface area contributed by atoms with E-state index in [9.17, 15) is 14.4 Å². The molecule has 2 saturated heterocycles. The van der Waals surface area contributed by atoms with Crippen molar-refractivity contribution in [3.05, 3.63) is 48.6 Å². The van der Waals surface area contributed by atoms with Crippen LogP contribution in [0.25, 0.3) is 0 Å². The Balaban J connectivity index is 1.52. The predicted octanol–water partition coefficient (Wildman–Crippen LogP) is 1.76. The number of fused-ring (bicyclic) bond motifs is 2. The number of anilines is 1. The van der Waals surface area contributed by atoms with E-state index in [-0.39, 0.29) is 24.3 Å². The van der Waals surface area contributed by atoms with Gasteiger partial charge in [0.1, 0.15) is 17.4 Å². The number of likely N-dealkylation sites (tertiary alicyclic amines) is 1. The maximum Gasteiger partial charge on any atom is 0.253 e. The van der Waals surface area contributed by atoms with Gasteiger partial charge in [0.2, 0.25) is 11.8 Å². The zero-order valence-electron chi connectivity index (χ0n) is 21.4. The van der Waals surface area contributed by atoms with E-state index in [2.05, 4.69) is 0 Å². The van der Waals surface area contributed by atoms with E-state index in [1.54, 1.807) is 41.0 Å². The minimum absolute atomic E-state index is 0.133. The average Bonchev–Trinajstić information content (AvgIpc) is 3.22. The summed E-state index contributed by atoms with van der Waals surface area (Å²) in [5.41, 5.74) is -0.511. The van der Waals surface area contributed by atoms with Crippen LogP contribution in [0.4, 0.5) is 5.69 Å². The summed E-state index contributed by atoms with van der Waals surface area (Å²) in [5.74, 6) is -1.32. The van der Waals surface area contributed by atoms with Crippen LogP contribution in [0.1, 0.15) is 25.7 Å². The van der Waals surface area contributed by atoms with Gasteiger partial charge in [0.15, 0.2) is 0 Å². The number of hydrogen-bond donors (Lipinski definition) is 1. The van der Waals surface area contributed by atoms with Gasteiger partial charge in [0, 0.05) is 39.0 Å². The summed E-state index contributed by atoms with van der Waals surface area (Å²) in [6.45, 7) is 1.32. The zero-order chi connectivity index (χ0) is 26.2. The molecule has 0 saturated carbocycles. The molecule has 1 spiro atoms. The molecule has 5 rings (SSSR count). The van der Waals surface area contributed by atoms with E-state index in [4.69, 9.17) is 14.6 Å². The molecule has 9 heteroatoms. The van der Waals surface area contributed by atoms with Crippen LogP contribution in [-0.4, -0.2) is 90.8 Å². The summed E-state index contributed by atoms with van der Waals surface area (Å²) in [6.07, 6.45) is 10.0. The first-order valence-corrected chi connectivity index (χ1v) is 13.1. The molecular formula is C28H35N3O6. The van der Waals surface area contributed by atoms with E-state index < -0.39 is 29.6 Å². The fraction of sp³-hybridized carbons (Fsp3) is 0.536. The van der Waals surface area contributed by atoms with Gasteiger partial charge in [0.25, 0.3) is 5.91 Å². The highest BCUT2D eigenvalue weighted by Gasteiger charge is 2.71. The number of rotatable bonds is 8. The van der Waals surface area contributed by atoms with E-state index in [1.807, 2.05) is 36.4 Å². The zero-order valence-corrected chi connectivity index (χ0v) is 21.4. The number of carbonyl (C=O) groups excluding carboxylic acids is 3. The molecule has 3 amide bonds. The fourth-order valence-corrected chi connectivity index (χ4v) is 6.24. The molecule has 1 unspecified atom stereocenters. The number of aliphatic hydroxyl groups excluding tert-OH is 1. The van der Waals surface area contributed by atoms with Gasteiger partial charge in [-0.05, 0) is 37.1 Å².